The molecule has 5 nitrogen and oxygen atoms in total. The van der Waals surface area contributed by atoms with Crippen molar-refractivity contribution in [2.45, 2.75) is 18.9 Å². The fraction of sp³-hybridized carbons (Fsp3) is 0.667. The smallest absolute Gasteiger partial charge is 0.322 e. The van der Waals surface area contributed by atoms with Crippen LogP contribution in [-0.4, -0.2) is 35.1 Å². The Balaban J connectivity index is 2.45. The van der Waals surface area contributed by atoms with Gasteiger partial charge in [0.05, 0.1) is 0 Å². The Kier molecular flexibility index (Phi) is 2.43. The second kappa shape index (κ2) is 3.34. The van der Waals surface area contributed by atoms with Gasteiger partial charge in [0.25, 0.3) is 0 Å². The number of carbonyl (C=O) groups excluding carboxylic acids is 1. The van der Waals surface area contributed by atoms with E-state index in [9.17, 15) is 9.59 Å². The van der Waals surface area contributed by atoms with Crippen molar-refractivity contribution in [1.29, 1.82) is 0 Å². The van der Waals surface area contributed by atoms with Crippen molar-refractivity contribution >= 4 is 12.4 Å². The van der Waals surface area contributed by atoms with Gasteiger partial charge < -0.3 is 5.11 Å². The van der Waals surface area contributed by atoms with Gasteiger partial charge in [-0.1, -0.05) is 0 Å². The number of carboxylic acids is 1. The molecule has 2 N–H and O–H groups in total. The third-order valence-corrected chi connectivity index (χ3v) is 1.64. The summed E-state index contributed by atoms with van der Waals surface area (Å²) in [6.45, 7) is 0.591. The van der Waals surface area contributed by atoms with Crippen LogP contribution in [0.25, 0.3) is 0 Å². The summed E-state index contributed by atoms with van der Waals surface area (Å²) in [4.78, 5) is 20.6. The summed E-state index contributed by atoms with van der Waals surface area (Å²) in [6, 6.07) is -0.603. The molecular formula is C6H10N2O3. The van der Waals surface area contributed by atoms with E-state index in [0.29, 0.717) is 19.4 Å². The van der Waals surface area contributed by atoms with Crippen molar-refractivity contribution < 1.29 is 14.7 Å². The lowest BCUT2D eigenvalue weighted by Crippen LogP contribution is -2.51. The number of nitrogens with zero attached hydrogens (tertiary/aromatic N) is 1. The van der Waals surface area contributed by atoms with E-state index >= 15 is 0 Å². The molecule has 0 aromatic carbocycles. The molecule has 1 atom stereocenters. The Morgan fingerprint density at radius 3 is 3.00 bits per heavy atom. The average Bonchev–Trinajstić information content (AvgIpc) is 2.05. The molecule has 0 aliphatic carbocycles. The minimum Gasteiger partial charge on any atom is -0.480 e. The summed E-state index contributed by atoms with van der Waals surface area (Å²) < 4.78 is 0. The summed E-state index contributed by atoms with van der Waals surface area (Å²) >= 11 is 0. The van der Waals surface area contributed by atoms with E-state index in [-0.39, 0.29) is 0 Å². The molecule has 1 fully saturated rings. The van der Waals surface area contributed by atoms with Crippen LogP contribution in [0.3, 0.4) is 0 Å². The van der Waals surface area contributed by atoms with E-state index in [0.717, 1.165) is 6.42 Å². The normalized spacial score (nSPS) is 24.7. The lowest BCUT2D eigenvalue weighted by atomic mass is 10.1. The quantitative estimate of drug-likeness (QED) is 0.516. The molecule has 0 radical (unpaired) electrons. The van der Waals surface area contributed by atoms with Gasteiger partial charge in [-0.25, -0.2) is 5.43 Å². The van der Waals surface area contributed by atoms with Crippen molar-refractivity contribution in [1.82, 2.24) is 10.4 Å². The van der Waals surface area contributed by atoms with Crippen LogP contribution in [0.2, 0.25) is 0 Å². The van der Waals surface area contributed by atoms with Gasteiger partial charge >= 0.3 is 5.97 Å². The molecule has 1 aliphatic rings. The lowest BCUT2D eigenvalue weighted by molar-refractivity contribution is -0.143. The summed E-state index contributed by atoms with van der Waals surface area (Å²) in [5, 5.41) is 9.81. The SMILES string of the molecule is O=CN1CCCC(C(=O)O)N1. The molecule has 11 heavy (non-hydrogen) atoms. The molecule has 1 aliphatic heterocycles. The Labute approximate surface area is 64.0 Å². The van der Waals surface area contributed by atoms with Gasteiger partial charge in [0.1, 0.15) is 6.04 Å². The predicted octanol–water partition coefficient (Wildman–Crippen LogP) is -0.804. The van der Waals surface area contributed by atoms with Crippen LogP contribution in [0.5, 0.6) is 0 Å². The van der Waals surface area contributed by atoms with E-state index in [1.165, 1.54) is 5.01 Å². The first-order valence-corrected chi connectivity index (χ1v) is 3.45. The highest BCUT2D eigenvalue weighted by atomic mass is 16.4. The molecule has 1 saturated heterocycles. The van der Waals surface area contributed by atoms with E-state index in [2.05, 4.69) is 5.43 Å². The molecule has 1 unspecified atom stereocenters. The number of hydrogen-bond donors (Lipinski definition) is 2. The van der Waals surface area contributed by atoms with Crippen molar-refractivity contribution in [3.8, 4) is 0 Å². The summed E-state index contributed by atoms with van der Waals surface area (Å²) in [5.74, 6) is -0.906. The third-order valence-electron chi connectivity index (χ3n) is 1.64. The number of hydrogen-bond acceptors (Lipinski definition) is 3. The average molecular weight is 158 g/mol. The first-order valence-electron chi connectivity index (χ1n) is 3.45. The zero-order valence-electron chi connectivity index (χ0n) is 5.99. The van der Waals surface area contributed by atoms with Gasteiger partial charge in [-0.15, -0.1) is 0 Å². The van der Waals surface area contributed by atoms with Crippen molar-refractivity contribution in [3.63, 3.8) is 0 Å². The number of carbonyl (C=O) groups is 2. The molecule has 0 spiro atoms. The van der Waals surface area contributed by atoms with Crippen molar-refractivity contribution in [2.24, 2.45) is 0 Å². The van der Waals surface area contributed by atoms with Crippen LogP contribution < -0.4 is 5.43 Å². The van der Waals surface area contributed by atoms with Crippen LogP contribution in [0, 0.1) is 0 Å². The zero-order chi connectivity index (χ0) is 8.27. The fourth-order valence-electron chi connectivity index (χ4n) is 1.06. The van der Waals surface area contributed by atoms with Crippen LogP contribution in [0.4, 0.5) is 0 Å². The standard InChI is InChI=1S/C6H10N2O3/c9-4-8-3-1-2-5(7-8)6(10)11/h4-5,7H,1-3H2,(H,10,11). The second-order valence-corrected chi connectivity index (χ2v) is 2.46. The van der Waals surface area contributed by atoms with Gasteiger partial charge in [0, 0.05) is 6.54 Å². The van der Waals surface area contributed by atoms with Gasteiger partial charge in [0.15, 0.2) is 0 Å². The number of aliphatic carboxylic acids is 1. The molecule has 1 rings (SSSR count). The molecular weight excluding hydrogens is 148 g/mol. The number of hydrazine groups is 1. The highest BCUT2D eigenvalue weighted by molar-refractivity contribution is 5.73. The highest BCUT2D eigenvalue weighted by Gasteiger charge is 2.23. The van der Waals surface area contributed by atoms with E-state index in [4.69, 9.17) is 5.11 Å². The molecule has 1 amide bonds. The maximum atomic E-state index is 10.4. The molecule has 0 saturated carbocycles. The van der Waals surface area contributed by atoms with Crippen LogP contribution in [-0.2, 0) is 9.59 Å². The van der Waals surface area contributed by atoms with Gasteiger partial charge in [0.2, 0.25) is 6.41 Å². The molecule has 5 heteroatoms. The molecule has 1 heterocycles. The Morgan fingerprint density at radius 2 is 2.45 bits per heavy atom. The molecule has 0 aromatic heterocycles. The first-order chi connectivity index (χ1) is 5.24. The maximum absolute atomic E-state index is 10.4. The Bertz CT molecular complexity index is 171. The molecule has 0 aromatic rings. The number of amides is 1. The van der Waals surface area contributed by atoms with Crippen molar-refractivity contribution in [3.05, 3.63) is 0 Å². The monoisotopic (exact) mass is 158 g/mol. The zero-order valence-corrected chi connectivity index (χ0v) is 5.99. The van der Waals surface area contributed by atoms with Gasteiger partial charge in [-0.05, 0) is 12.8 Å². The maximum Gasteiger partial charge on any atom is 0.322 e. The van der Waals surface area contributed by atoms with Crippen LogP contribution >= 0.6 is 0 Å². The van der Waals surface area contributed by atoms with E-state index in [1.54, 1.807) is 0 Å². The second-order valence-electron chi connectivity index (χ2n) is 2.46. The van der Waals surface area contributed by atoms with Gasteiger partial charge in [-0.3, -0.25) is 14.6 Å². The van der Waals surface area contributed by atoms with Crippen LogP contribution in [0.15, 0.2) is 0 Å². The minimum atomic E-state index is -0.906. The van der Waals surface area contributed by atoms with E-state index < -0.39 is 12.0 Å². The minimum absolute atomic E-state index is 0.583. The highest BCUT2D eigenvalue weighted by Crippen LogP contribution is 2.04. The summed E-state index contributed by atoms with van der Waals surface area (Å²) in [5.41, 5.74) is 2.57. The molecule has 62 valence electrons. The van der Waals surface area contributed by atoms with E-state index in [1.807, 2.05) is 0 Å². The van der Waals surface area contributed by atoms with Crippen molar-refractivity contribution in [2.75, 3.05) is 6.54 Å². The van der Waals surface area contributed by atoms with Gasteiger partial charge in [-0.2, -0.15) is 0 Å². The lowest BCUT2D eigenvalue weighted by Gasteiger charge is -2.28. The first kappa shape index (κ1) is 8.00. The predicted molar refractivity (Wildman–Crippen MR) is 36.6 cm³/mol. The number of rotatable bonds is 2. The Morgan fingerprint density at radius 1 is 1.73 bits per heavy atom. The largest absolute Gasteiger partial charge is 0.480 e. The number of carboxylic acid groups (broad SMARTS) is 1. The topological polar surface area (TPSA) is 69.6 Å². The fourth-order valence-corrected chi connectivity index (χ4v) is 1.06. The summed E-state index contributed by atoms with van der Waals surface area (Å²) in [7, 11) is 0. The Hall–Kier alpha value is -1.10. The van der Waals surface area contributed by atoms with Crippen LogP contribution in [0.1, 0.15) is 12.8 Å². The third kappa shape index (κ3) is 1.91. The summed E-state index contributed by atoms with van der Waals surface area (Å²) in [6.07, 6.45) is 1.93. The number of nitrogens with one attached hydrogen (secondary N) is 1. The molecule has 0 bridgehead atoms.